The first-order valence-electron chi connectivity index (χ1n) is 10.7. The van der Waals surface area contributed by atoms with Gasteiger partial charge in [0.25, 0.3) is 0 Å². The number of carbonyl (C=O) groups is 2. The molecule has 1 N–H and O–H groups in total. The molecule has 0 spiro atoms. The number of aryl methyl sites for hydroxylation is 2. The highest BCUT2D eigenvalue weighted by Gasteiger charge is 2.39. The number of hydrogen-bond acceptors (Lipinski definition) is 4. The summed E-state index contributed by atoms with van der Waals surface area (Å²) in [4.78, 5) is 26.9. The lowest BCUT2D eigenvalue weighted by atomic mass is 10.1. The van der Waals surface area contributed by atoms with E-state index >= 15 is 0 Å². The molecule has 164 valence electrons. The van der Waals surface area contributed by atoms with Gasteiger partial charge in [0.1, 0.15) is 0 Å². The molecule has 1 aliphatic carbocycles. The predicted molar refractivity (Wildman–Crippen MR) is 121 cm³/mol. The Bertz CT molecular complexity index is 1130. The number of nitrogens with zero attached hydrogens (tertiary/aromatic N) is 1. The van der Waals surface area contributed by atoms with E-state index in [4.69, 9.17) is 0 Å². The van der Waals surface area contributed by atoms with E-state index in [0.717, 1.165) is 35.2 Å². The summed E-state index contributed by atoms with van der Waals surface area (Å²) in [5.41, 5.74) is 4.43. The van der Waals surface area contributed by atoms with Gasteiger partial charge in [-0.05, 0) is 87.1 Å². The van der Waals surface area contributed by atoms with Crippen LogP contribution in [0.1, 0.15) is 42.9 Å². The van der Waals surface area contributed by atoms with Gasteiger partial charge in [-0.15, -0.1) is 0 Å². The number of fused-ring (bicyclic) bond motifs is 1. The zero-order chi connectivity index (χ0) is 22.3. The minimum absolute atomic E-state index is 0.0321. The summed E-state index contributed by atoms with van der Waals surface area (Å²) >= 11 is 0. The Hall–Kier alpha value is -2.67. The van der Waals surface area contributed by atoms with Crippen molar-refractivity contribution in [2.45, 2.75) is 57.4 Å². The highest BCUT2D eigenvalue weighted by Crippen LogP contribution is 2.39. The number of rotatable bonds is 6. The molecule has 0 unspecified atom stereocenters. The number of amides is 2. The van der Waals surface area contributed by atoms with Crippen molar-refractivity contribution >= 4 is 33.0 Å². The van der Waals surface area contributed by atoms with Crippen LogP contribution < -0.4 is 10.2 Å². The fraction of sp³-hybridized carbons (Fsp3) is 0.417. The number of anilines is 2. The molecule has 1 fully saturated rings. The van der Waals surface area contributed by atoms with E-state index in [1.54, 1.807) is 18.2 Å². The summed E-state index contributed by atoms with van der Waals surface area (Å²) in [7, 11) is -3.61. The van der Waals surface area contributed by atoms with Gasteiger partial charge in [-0.2, -0.15) is 0 Å². The van der Waals surface area contributed by atoms with Crippen LogP contribution in [0.15, 0.2) is 41.3 Å². The van der Waals surface area contributed by atoms with Gasteiger partial charge < -0.3 is 10.2 Å². The van der Waals surface area contributed by atoms with E-state index < -0.39 is 9.84 Å². The summed E-state index contributed by atoms with van der Waals surface area (Å²) in [6.07, 6.45) is 2.40. The van der Waals surface area contributed by atoms with E-state index in [1.807, 2.05) is 43.9 Å². The third-order valence-electron chi connectivity index (χ3n) is 5.89. The fourth-order valence-corrected chi connectivity index (χ4v) is 5.57. The van der Waals surface area contributed by atoms with E-state index in [-0.39, 0.29) is 40.8 Å². The monoisotopic (exact) mass is 440 g/mol. The van der Waals surface area contributed by atoms with E-state index in [0.29, 0.717) is 12.1 Å². The molecule has 0 aromatic heterocycles. The van der Waals surface area contributed by atoms with Crippen LogP contribution in [0.5, 0.6) is 0 Å². The van der Waals surface area contributed by atoms with Crippen molar-refractivity contribution in [1.29, 1.82) is 0 Å². The summed E-state index contributed by atoms with van der Waals surface area (Å²) in [6, 6.07) is 10.7. The molecule has 31 heavy (non-hydrogen) atoms. The Morgan fingerprint density at radius 1 is 1.06 bits per heavy atom. The van der Waals surface area contributed by atoms with Gasteiger partial charge in [0.05, 0.1) is 10.6 Å². The molecule has 7 heteroatoms. The Morgan fingerprint density at radius 3 is 2.39 bits per heavy atom. The predicted octanol–water partition coefficient (Wildman–Crippen LogP) is 3.79. The minimum atomic E-state index is -3.61. The van der Waals surface area contributed by atoms with Crippen molar-refractivity contribution in [2.24, 2.45) is 5.92 Å². The molecule has 1 heterocycles. The van der Waals surface area contributed by atoms with Crippen LogP contribution in [0, 0.1) is 19.8 Å². The fourth-order valence-electron chi connectivity index (χ4n) is 4.28. The second-order valence-corrected chi connectivity index (χ2v) is 10.9. The van der Waals surface area contributed by atoms with E-state index in [1.165, 1.54) is 0 Å². The highest BCUT2D eigenvalue weighted by molar-refractivity contribution is 7.91. The average Bonchev–Trinajstić information content (AvgIpc) is 3.47. The molecule has 2 amide bonds. The molecule has 1 atom stereocenters. The number of carbonyl (C=O) groups excluding carboxylic acids is 2. The average molecular weight is 441 g/mol. The molecular formula is C24H28N2O4S. The van der Waals surface area contributed by atoms with Crippen molar-refractivity contribution in [1.82, 2.24) is 0 Å². The topological polar surface area (TPSA) is 83.6 Å². The largest absolute Gasteiger partial charge is 0.326 e. The van der Waals surface area contributed by atoms with Gasteiger partial charge in [0, 0.05) is 29.8 Å². The van der Waals surface area contributed by atoms with Crippen molar-refractivity contribution < 1.29 is 18.0 Å². The van der Waals surface area contributed by atoms with Crippen molar-refractivity contribution in [3.05, 3.63) is 53.1 Å². The maximum Gasteiger partial charge on any atom is 0.230 e. The van der Waals surface area contributed by atoms with E-state index in [9.17, 15) is 18.0 Å². The first-order valence-corrected chi connectivity index (χ1v) is 12.4. The van der Waals surface area contributed by atoms with Gasteiger partial charge in [-0.25, -0.2) is 8.42 Å². The second-order valence-electron chi connectivity index (χ2n) is 8.82. The van der Waals surface area contributed by atoms with Gasteiger partial charge >= 0.3 is 0 Å². The molecular weight excluding hydrogens is 412 g/mol. The molecule has 2 aromatic rings. The quantitative estimate of drug-likeness (QED) is 0.741. The third kappa shape index (κ3) is 4.66. The van der Waals surface area contributed by atoms with Crippen LogP contribution in [0.3, 0.4) is 0 Å². The molecule has 4 rings (SSSR count). The minimum Gasteiger partial charge on any atom is -0.326 e. The van der Waals surface area contributed by atoms with Gasteiger partial charge in [-0.3, -0.25) is 9.59 Å². The lowest BCUT2D eigenvalue weighted by molar-refractivity contribution is -0.120. The van der Waals surface area contributed by atoms with Crippen LogP contribution in [-0.2, 0) is 25.8 Å². The molecule has 0 saturated heterocycles. The molecule has 0 bridgehead atoms. The van der Waals surface area contributed by atoms with Crippen LogP contribution in [0.2, 0.25) is 0 Å². The summed E-state index contributed by atoms with van der Waals surface area (Å²) in [6.45, 7) is 5.88. The molecule has 2 aromatic carbocycles. The van der Waals surface area contributed by atoms with Crippen molar-refractivity contribution in [2.75, 3.05) is 16.0 Å². The Morgan fingerprint density at radius 2 is 1.74 bits per heavy atom. The number of nitrogens with one attached hydrogen (secondary N) is 1. The lowest BCUT2D eigenvalue weighted by Gasteiger charge is -2.22. The normalized spacial score (nSPS) is 18.0. The molecule has 1 aliphatic heterocycles. The Kier molecular flexibility index (Phi) is 5.64. The maximum absolute atomic E-state index is 12.9. The van der Waals surface area contributed by atoms with Crippen molar-refractivity contribution in [3.63, 3.8) is 0 Å². The zero-order valence-corrected chi connectivity index (χ0v) is 19.0. The van der Waals surface area contributed by atoms with Gasteiger partial charge in [0.2, 0.25) is 11.8 Å². The third-order valence-corrected chi connectivity index (χ3v) is 7.61. The molecule has 6 nitrogen and oxygen atoms in total. The number of benzene rings is 2. The molecule has 2 aliphatic rings. The van der Waals surface area contributed by atoms with Crippen molar-refractivity contribution in [3.8, 4) is 0 Å². The van der Waals surface area contributed by atoms with Crippen LogP contribution in [0.25, 0.3) is 0 Å². The zero-order valence-electron chi connectivity index (χ0n) is 18.1. The van der Waals surface area contributed by atoms with E-state index in [2.05, 4.69) is 5.32 Å². The summed E-state index contributed by atoms with van der Waals surface area (Å²) < 4.78 is 25.7. The standard InChI is InChI=1S/C24H28N2O4S/c1-15-10-16(2)12-20(11-15)25-23(27)8-9-31(29,30)21-6-7-22-19(14-21)13-17(3)26(22)24(28)18-4-5-18/h6-7,10-12,14,17-18H,4-5,8-9,13H2,1-3H3,(H,25,27)/t17-/m0/s1. The lowest BCUT2D eigenvalue weighted by Crippen LogP contribution is -2.36. The maximum atomic E-state index is 12.9. The summed E-state index contributed by atoms with van der Waals surface area (Å²) in [5.74, 6) is -0.329. The van der Waals surface area contributed by atoms with Gasteiger partial charge in [-0.1, -0.05) is 6.07 Å². The van der Waals surface area contributed by atoms with Crippen LogP contribution in [0.4, 0.5) is 11.4 Å². The molecule has 1 saturated carbocycles. The van der Waals surface area contributed by atoms with Crippen LogP contribution in [-0.4, -0.2) is 32.0 Å². The Labute approximate surface area is 183 Å². The SMILES string of the molecule is Cc1cc(C)cc(NC(=O)CCS(=O)(=O)c2ccc3c(c2)C[C@H](C)N3C(=O)C2CC2)c1. The van der Waals surface area contributed by atoms with Crippen LogP contribution >= 0.6 is 0 Å². The van der Waals surface area contributed by atoms with Gasteiger partial charge in [0.15, 0.2) is 9.84 Å². The molecule has 0 radical (unpaired) electrons. The second kappa shape index (κ2) is 8.11. The number of sulfone groups is 1. The number of hydrogen-bond donors (Lipinski definition) is 1. The smallest absolute Gasteiger partial charge is 0.230 e. The highest BCUT2D eigenvalue weighted by atomic mass is 32.2. The Balaban J connectivity index is 1.44. The first-order chi connectivity index (χ1) is 14.6. The first kappa shape index (κ1) is 21.6. The summed E-state index contributed by atoms with van der Waals surface area (Å²) in [5, 5.41) is 2.78.